The van der Waals surface area contributed by atoms with Crippen molar-refractivity contribution in [2.45, 2.75) is 24.7 Å². The molecule has 0 saturated heterocycles. The van der Waals surface area contributed by atoms with Gasteiger partial charge >= 0.3 is 12.3 Å². The smallest absolute Gasteiger partial charge is 0.480 e. The lowest BCUT2D eigenvalue weighted by molar-refractivity contribution is -0.274. The van der Waals surface area contributed by atoms with Crippen LogP contribution in [0.4, 0.5) is 13.2 Å². The van der Waals surface area contributed by atoms with E-state index in [0.717, 1.165) is 0 Å². The van der Waals surface area contributed by atoms with E-state index >= 15 is 0 Å². The Kier molecular flexibility index (Phi) is 6.25. The number of ether oxygens (including phenoxy) is 2. The topological polar surface area (TPSA) is 84.9 Å². The van der Waals surface area contributed by atoms with Crippen molar-refractivity contribution in [2.24, 2.45) is 5.92 Å². The second kappa shape index (κ2) is 8.22. The highest BCUT2D eigenvalue weighted by molar-refractivity contribution is 5.87. The van der Waals surface area contributed by atoms with E-state index in [9.17, 15) is 22.8 Å². The molecule has 0 bridgehead atoms. The first-order valence-electron chi connectivity index (χ1n) is 7.79. The molecule has 0 heterocycles. The van der Waals surface area contributed by atoms with Crippen LogP contribution in [-0.2, 0) is 14.3 Å². The number of nitrogens with one attached hydrogen (secondary N) is 1. The largest absolute Gasteiger partial charge is 0.573 e. The average molecular weight is 373 g/mol. The van der Waals surface area contributed by atoms with Gasteiger partial charge in [-0.05, 0) is 24.0 Å². The van der Waals surface area contributed by atoms with Crippen LogP contribution in [-0.4, -0.2) is 42.6 Å². The third kappa shape index (κ3) is 5.48. The Morgan fingerprint density at radius 2 is 2.08 bits per heavy atom. The van der Waals surface area contributed by atoms with Gasteiger partial charge in [0.1, 0.15) is 5.75 Å². The maximum absolute atomic E-state index is 12.5. The van der Waals surface area contributed by atoms with E-state index in [-0.39, 0.29) is 24.5 Å². The van der Waals surface area contributed by atoms with Crippen LogP contribution in [0.1, 0.15) is 17.9 Å². The van der Waals surface area contributed by atoms with E-state index in [2.05, 4.69) is 16.6 Å². The van der Waals surface area contributed by atoms with Gasteiger partial charge < -0.3 is 19.9 Å². The molecule has 1 aromatic carbocycles. The summed E-state index contributed by atoms with van der Waals surface area (Å²) in [4.78, 5) is 23.4. The van der Waals surface area contributed by atoms with Gasteiger partial charge in [0.25, 0.3) is 0 Å². The van der Waals surface area contributed by atoms with Crippen LogP contribution < -0.4 is 10.1 Å². The quantitative estimate of drug-likeness (QED) is 0.513. The zero-order chi connectivity index (χ0) is 19.3. The van der Waals surface area contributed by atoms with Crippen LogP contribution in [0.25, 0.3) is 0 Å². The van der Waals surface area contributed by atoms with Gasteiger partial charge in [0.15, 0.2) is 6.04 Å². The van der Waals surface area contributed by atoms with Gasteiger partial charge in [-0.2, -0.15) is 0 Å². The SMILES string of the molecule is C=CCOCC(NC(=O)C1CC1c1ccccc1OC(F)(F)F)C(=O)O. The summed E-state index contributed by atoms with van der Waals surface area (Å²) in [6.45, 7) is 3.32. The van der Waals surface area contributed by atoms with E-state index < -0.39 is 36.1 Å². The average Bonchev–Trinajstić information content (AvgIpc) is 3.33. The number of carboxylic acids is 1. The molecule has 2 N–H and O–H groups in total. The number of benzene rings is 1. The molecular formula is C17H18F3NO5. The Bertz CT molecular complexity index is 677. The Hall–Kier alpha value is -2.55. The van der Waals surface area contributed by atoms with Crippen LogP contribution in [0.2, 0.25) is 0 Å². The summed E-state index contributed by atoms with van der Waals surface area (Å²) in [6.07, 6.45) is -3.08. The molecule has 3 unspecified atom stereocenters. The maximum Gasteiger partial charge on any atom is 0.573 e. The van der Waals surface area contributed by atoms with Gasteiger partial charge in [-0.1, -0.05) is 24.3 Å². The first-order chi connectivity index (χ1) is 12.2. The van der Waals surface area contributed by atoms with Crippen molar-refractivity contribution in [2.75, 3.05) is 13.2 Å². The number of carbonyl (C=O) groups excluding carboxylic acids is 1. The molecule has 1 fully saturated rings. The van der Waals surface area contributed by atoms with Crippen molar-refractivity contribution in [3.05, 3.63) is 42.5 Å². The Morgan fingerprint density at radius 3 is 2.69 bits per heavy atom. The molecule has 0 aliphatic heterocycles. The Balaban J connectivity index is 2.00. The van der Waals surface area contributed by atoms with Gasteiger partial charge in [0.2, 0.25) is 5.91 Å². The Labute approximate surface area is 147 Å². The van der Waals surface area contributed by atoms with Crippen molar-refractivity contribution >= 4 is 11.9 Å². The number of amides is 1. The van der Waals surface area contributed by atoms with Crippen molar-refractivity contribution in [1.82, 2.24) is 5.32 Å². The fourth-order valence-electron chi connectivity index (χ4n) is 2.56. The molecule has 9 heteroatoms. The number of carbonyl (C=O) groups is 2. The highest BCUT2D eigenvalue weighted by Gasteiger charge is 2.47. The van der Waals surface area contributed by atoms with Crippen LogP contribution >= 0.6 is 0 Å². The molecular weight excluding hydrogens is 355 g/mol. The molecule has 0 aromatic heterocycles. The normalized spacial score (nSPS) is 20.1. The molecule has 1 aliphatic carbocycles. The van der Waals surface area contributed by atoms with E-state index in [1.165, 1.54) is 24.3 Å². The summed E-state index contributed by atoms with van der Waals surface area (Å²) < 4.78 is 46.5. The minimum Gasteiger partial charge on any atom is -0.480 e. The highest BCUT2D eigenvalue weighted by Crippen LogP contribution is 2.51. The third-order valence-corrected chi connectivity index (χ3v) is 3.81. The fraction of sp³-hybridized carbons (Fsp3) is 0.412. The molecule has 0 spiro atoms. The van der Waals surface area contributed by atoms with Gasteiger partial charge in [-0.25, -0.2) is 4.79 Å². The number of hydrogen-bond acceptors (Lipinski definition) is 4. The molecule has 6 nitrogen and oxygen atoms in total. The molecule has 1 aliphatic rings. The number of para-hydroxylation sites is 1. The van der Waals surface area contributed by atoms with Crippen LogP contribution in [0.3, 0.4) is 0 Å². The van der Waals surface area contributed by atoms with Crippen LogP contribution in [0.15, 0.2) is 36.9 Å². The molecule has 142 valence electrons. The number of carboxylic acid groups (broad SMARTS) is 1. The van der Waals surface area contributed by atoms with Crippen molar-refractivity contribution in [3.8, 4) is 5.75 Å². The van der Waals surface area contributed by atoms with E-state index in [4.69, 9.17) is 9.84 Å². The molecule has 1 aromatic rings. The van der Waals surface area contributed by atoms with Crippen LogP contribution in [0, 0.1) is 5.92 Å². The predicted molar refractivity (Wildman–Crippen MR) is 84.6 cm³/mol. The van der Waals surface area contributed by atoms with E-state index in [1.807, 2.05) is 0 Å². The van der Waals surface area contributed by atoms with E-state index in [1.54, 1.807) is 6.07 Å². The highest BCUT2D eigenvalue weighted by atomic mass is 19.4. The number of aliphatic carboxylic acids is 1. The second-order valence-electron chi connectivity index (χ2n) is 5.76. The number of halogens is 3. The summed E-state index contributed by atoms with van der Waals surface area (Å²) in [7, 11) is 0. The van der Waals surface area contributed by atoms with Gasteiger partial charge in [-0.15, -0.1) is 19.8 Å². The van der Waals surface area contributed by atoms with Gasteiger partial charge in [-0.3, -0.25) is 4.79 Å². The Morgan fingerprint density at radius 1 is 1.38 bits per heavy atom. The summed E-state index contributed by atoms with van der Waals surface area (Å²) in [5.41, 5.74) is 0.264. The second-order valence-corrected chi connectivity index (χ2v) is 5.76. The number of hydrogen-bond donors (Lipinski definition) is 2. The zero-order valence-corrected chi connectivity index (χ0v) is 13.7. The lowest BCUT2D eigenvalue weighted by Crippen LogP contribution is -2.44. The van der Waals surface area contributed by atoms with Crippen molar-refractivity contribution < 1.29 is 37.3 Å². The lowest BCUT2D eigenvalue weighted by Gasteiger charge is -2.15. The van der Waals surface area contributed by atoms with E-state index in [0.29, 0.717) is 6.42 Å². The molecule has 0 radical (unpaired) electrons. The lowest BCUT2D eigenvalue weighted by atomic mass is 10.1. The number of alkyl halides is 3. The molecule has 1 amide bonds. The molecule has 26 heavy (non-hydrogen) atoms. The summed E-state index contributed by atoms with van der Waals surface area (Å²) in [6, 6.07) is 4.35. The number of rotatable bonds is 9. The molecule has 2 rings (SSSR count). The summed E-state index contributed by atoms with van der Waals surface area (Å²) in [5, 5.41) is 11.5. The standard InChI is InChI=1S/C17H18F3NO5/c1-2-7-25-9-13(16(23)24)21-15(22)12-8-11(12)10-5-3-4-6-14(10)26-17(18,19)20/h2-6,11-13H,1,7-9H2,(H,21,22)(H,23,24). The fourth-order valence-corrected chi connectivity index (χ4v) is 2.56. The predicted octanol–water partition coefficient (Wildman–Crippen LogP) is 2.46. The zero-order valence-electron chi connectivity index (χ0n) is 13.7. The summed E-state index contributed by atoms with van der Waals surface area (Å²) in [5.74, 6) is -3.25. The van der Waals surface area contributed by atoms with Crippen LogP contribution in [0.5, 0.6) is 5.75 Å². The first-order valence-corrected chi connectivity index (χ1v) is 7.79. The first kappa shape index (κ1) is 19.8. The van der Waals surface area contributed by atoms with Crippen molar-refractivity contribution in [1.29, 1.82) is 0 Å². The van der Waals surface area contributed by atoms with Gasteiger partial charge in [0, 0.05) is 5.92 Å². The molecule has 1 saturated carbocycles. The minimum absolute atomic E-state index is 0.133. The van der Waals surface area contributed by atoms with Crippen molar-refractivity contribution in [3.63, 3.8) is 0 Å². The molecule has 3 atom stereocenters. The third-order valence-electron chi connectivity index (χ3n) is 3.81. The monoisotopic (exact) mass is 373 g/mol. The minimum atomic E-state index is -4.83. The summed E-state index contributed by atoms with van der Waals surface area (Å²) >= 11 is 0. The maximum atomic E-state index is 12.5. The van der Waals surface area contributed by atoms with Gasteiger partial charge in [0.05, 0.1) is 13.2 Å².